The Hall–Kier alpha value is -0.530. The van der Waals surface area contributed by atoms with E-state index in [9.17, 15) is 0 Å². The Balaban J connectivity index is 2.63. The molecule has 0 saturated heterocycles. The molecule has 0 fully saturated rings. The summed E-state index contributed by atoms with van der Waals surface area (Å²) in [5.41, 5.74) is 4.03. The number of nitrogens with one attached hydrogen (secondary N) is 1. The SMILES string of the molecule is Cc1ccc(C)c(CNC(CCl)C(C)C)c1. The fraction of sp³-hybridized carbons (Fsp3) is 0.571. The van der Waals surface area contributed by atoms with Crippen molar-refractivity contribution in [3.8, 4) is 0 Å². The van der Waals surface area contributed by atoms with Crippen LogP contribution in [0.4, 0.5) is 0 Å². The molecule has 0 spiro atoms. The van der Waals surface area contributed by atoms with Gasteiger partial charge in [-0.2, -0.15) is 0 Å². The first kappa shape index (κ1) is 13.5. The number of hydrogen-bond donors (Lipinski definition) is 1. The molecule has 0 aromatic heterocycles. The highest BCUT2D eigenvalue weighted by Gasteiger charge is 2.11. The molecular formula is C14H22ClN. The second-order valence-corrected chi connectivity index (χ2v) is 5.12. The van der Waals surface area contributed by atoms with E-state index in [1.54, 1.807) is 0 Å². The van der Waals surface area contributed by atoms with E-state index in [-0.39, 0.29) is 0 Å². The molecule has 1 N–H and O–H groups in total. The normalized spacial score (nSPS) is 13.1. The summed E-state index contributed by atoms with van der Waals surface area (Å²) in [5.74, 6) is 1.24. The fourth-order valence-corrected chi connectivity index (χ4v) is 2.17. The molecule has 1 rings (SSSR count). The van der Waals surface area contributed by atoms with Gasteiger partial charge in [-0.1, -0.05) is 37.6 Å². The van der Waals surface area contributed by atoms with E-state index in [1.807, 2.05) is 0 Å². The molecule has 0 radical (unpaired) electrons. The van der Waals surface area contributed by atoms with Gasteiger partial charge in [0.15, 0.2) is 0 Å². The van der Waals surface area contributed by atoms with Crippen molar-refractivity contribution in [2.75, 3.05) is 5.88 Å². The minimum absolute atomic E-state index is 0.390. The first-order valence-electron chi connectivity index (χ1n) is 5.90. The smallest absolute Gasteiger partial charge is 0.0380 e. The Labute approximate surface area is 104 Å². The van der Waals surface area contributed by atoms with E-state index in [4.69, 9.17) is 11.6 Å². The van der Waals surface area contributed by atoms with E-state index in [0.717, 1.165) is 6.54 Å². The summed E-state index contributed by atoms with van der Waals surface area (Å²) >= 11 is 5.94. The van der Waals surface area contributed by atoms with E-state index >= 15 is 0 Å². The van der Waals surface area contributed by atoms with Crippen LogP contribution in [0, 0.1) is 19.8 Å². The number of hydrogen-bond acceptors (Lipinski definition) is 1. The summed E-state index contributed by atoms with van der Waals surface area (Å²) in [6.45, 7) is 9.58. The quantitative estimate of drug-likeness (QED) is 0.774. The third kappa shape index (κ3) is 3.80. The van der Waals surface area contributed by atoms with Gasteiger partial charge in [0.25, 0.3) is 0 Å². The Morgan fingerprint density at radius 1 is 1.25 bits per heavy atom. The minimum atomic E-state index is 0.390. The van der Waals surface area contributed by atoms with E-state index in [2.05, 4.69) is 51.2 Å². The maximum Gasteiger partial charge on any atom is 0.0380 e. The van der Waals surface area contributed by atoms with Gasteiger partial charge in [-0.05, 0) is 30.9 Å². The fourth-order valence-electron chi connectivity index (χ4n) is 1.70. The molecule has 1 unspecified atom stereocenters. The van der Waals surface area contributed by atoms with Crippen LogP contribution in [0.25, 0.3) is 0 Å². The first-order chi connectivity index (χ1) is 7.54. The zero-order chi connectivity index (χ0) is 12.1. The molecule has 0 amide bonds. The van der Waals surface area contributed by atoms with Crippen LogP contribution in [0.5, 0.6) is 0 Å². The van der Waals surface area contributed by atoms with Crippen LogP contribution in [0.2, 0.25) is 0 Å². The molecule has 0 aliphatic rings. The third-order valence-electron chi connectivity index (χ3n) is 3.03. The lowest BCUT2D eigenvalue weighted by molar-refractivity contribution is 0.430. The van der Waals surface area contributed by atoms with Crippen LogP contribution >= 0.6 is 11.6 Å². The second-order valence-electron chi connectivity index (χ2n) is 4.82. The molecule has 0 aliphatic heterocycles. The maximum atomic E-state index is 5.94. The Bertz CT molecular complexity index is 334. The average molecular weight is 240 g/mol. The van der Waals surface area contributed by atoms with Crippen LogP contribution in [0.1, 0.15) is 30.5 Å². The minimum Gasteiger partial charge on any atom is -0.308 e. The molecule has 1 atom stereocenters. The van der Waals surface area contributed by atoms with Crippen molar-refractivity contribution in [3.05, 3.63) is 34.9 Å². The summed E-state index contributed by atoms with van der Waals surface area (Å²) in [6.07, 6.45) is 0. The zero-order valence-corrected chi connectivity index (χ0v) is 11.4. The van der Waals surface area contributed by atoms with Crippen molar-refractivity contribution in [3.63, 3.8) is 0 Å². The lowest BCUT2D eigenvalue weighted by Gasteiger charge is -2.20. The van der Waals surface area contributed by atoms with Gasteiger partial charge >= 0.3 is 0 Å². The molecule has 2 heteroatoms. The van der Waals surface area contributed by atoms with Crippen molar-refractivity contribution < 1.29 is 0 Å². The van der Waals surface area contributed by atoms with Crippen molar-refractivity contribution in [2.45, 2.75) is 40.3 Å². The standard InChI is InChI=1S/C14H22ClN/c1-10(2)14(8-15)16-9-13-7-11(3)5-6-12(13)4/h5-7,10,14,16H,8-9H2,1-4H3. The number of alkyl halides is 1. The molecule has 0 heterocycles. The number of rotatable bonds is 5. The van der Waals surface area contributed by atoms with E-state index < -0.39 is 0 Å². The van der Waals surface area contributed by atoms with Gasteiger partial charge in [0.05, 0.1) is 0 Å². The summed E-state index contributed by atoms with van der Waals surface area (Å²) in [4.78, 5) is 0. The average Bonchev–Trinajstić information content (AvgIpc) is 2.23. The van der Waals surface area contributed by atoms with Crippen molar-refractivity contribution in [2.24, 2.45) is 5.92 Å². The topological polar surface area (TPSA) is 12.0 Å². The highest BCUT2D eigenvalue weighted by molar-refractivity contribution is 6.18. The van der Waals surface area contributed by atoms with Gasteiger partial charge in [-0.25, -0.2) is 0 Å². The molecule has 16 heavy (non-hydrogen) atoms. The van der Waals surface area contributed by atoms with Crippen LogP contribution in [-0.4, -0.2) is 11.9 Å². The second kappa shape index (κ2) is 6.27. The van der Waals surface area contributed by atoms with Gasteiger partial charge in [0.2, 0.25) is 0 Å². The third-order valence-corrected chi connectivity index (χ3v) is 3.36. The number of aryl methyl sites for hydroxylation is 2. The molecule has 1 nitrogen and oxygen atoms in total. The molecule has 0 bridgehead atoms. The van der Waals surface area contributed by atoms with Gasteiger partial charge in [-0.3, -0.25) is 0 Å². The van der Waals surface area contributed by atoms with Crippen LogP contribution in [0.15, 0.2) is 18.2 Å². The Kier molecular flexibility index (Phi) is 5.30. The molecule has 0 aliphatic carbocycles. The molecular weight excluding hydrogens is 218 g/mol. The molecule has 1 aromatic carbocycles. The number of benzene rings is 1. The summed E-state index contributed by atoms with van der Waals surface area (Å²) in [6, 6.07) is 6.97. The van der Waals surface area contributed by atoms with Crippen LogP contribution < -0.4 is 5.32 Å². The predicted octanol–water partition coefficient (Wildman–Crippen LogP) is 3.66. The van der Waals surface area contributed by atoms with Crippen LogP contribution in [-0.2, 0) is 6.54 Å². The van der Waals surface area contributed by atoms with Gasteiger partial charge in [0, 0.05) is 18.5 Å². The molecule has 0 saturated carbocycles. The number of halogens is 1. The van der Waals surface area contributed by atoms with Crippen LogP contribution in [0.3, 0.4) is 0 Å². The monoisotopic (exact) mass is 239 g/mol. The van der Waals surface area contributed by atoms with Gasteiger partial charge in [-0.15, -0.1) is 11.6 Å². The highest BCUT2D eigenvalue weighted by Crippen LogP contribution is 2.12. The van der Waals surface area contributed by atoms with Crippen molar-refractivity contribution >= 4 is 11.6 Å². The first-order valence-corrected chi connectivity index (χ1v) is 6.43. The van der Waals surface area contributed by atoms with E-state index in [0.29, 0.717) is 17.8 Å². The Morgan fingerprint density at radius 3 is 2.50 bits per heavy atom. The molecule has 1 aromatic rings. The largest absolute Gasteiger partial charge is 0.308 e. The van der Waals surface area contributed by atoms with Gasteiger partial charge < -0.3 is 5.32 Å². The lowest BCUT2D eigenvalue weighted by atomic mass is 10.0. The lowest BCUT2D eigenvalue weighted by Crippen LogP contribution is -2.35. The van der Waals surface area contributed by atoms with E-state index in [1.165, 1.54) is 16.7 Å². The van der Waals surface area contributed by atoms with Gasteiger partial charge in [0.1, 0.15) is 0 Å². The maximum absolute atomic E-state index is 5.94. The summed E-state index contributed by atoms with van der Waals surface area (Å²) in [5, 5.41) is 3.52. The Morgan fingerprint density at radius 2 is 1.94 bits per heavy atom. The predicted molar refractivity (Wildman–Crippen MR) is 72.1 cm³/mol. The van der Waals surface area contributed by atoms with Crippen molar-refractivity contribution in [1.82, 2.24) is 5.32 Å². The highest BCUT2D eigenvalue weighted by atomic mass is 35.5. The summed E-state index contributed by atoms with van der Waals surface area (Å²) in [7, 11) is 0. The van der Waals surface area contributed by atoms with Crippen molar-refractivity contribution in [1.29, 1.82) is 0 Å². The molecule has 90 valence electrons. The zero-order valence-electron chi connectivity index (χ0n) is 10.7. The summed E-state index contributed by atoms with van der Waals surface area (Å²) < 4.78 is 0.